The summed E-state index contributed by atoms with van der Waals surface area (Å²) in [6.07, 6.45) is 3.36. The van der Waals surface area contributed by atoms with E-state index in [1.54, 1.807) is 19.6 Å². The van der Waals surface area contributed by atoms with Gasteiger partial charge in [0.15, 0.2) is 0 Å². The fourth-order valence-corrected chi connectivity index (χ4v) is 0.307. The van der Waals surface area contributed by atoms with Crippen molar-refractivity contribution in [2.45, 2.75) is 6.92 Å². The summed E-state index contributed by atoms with van der Waals surface area (Å²) in [6.45, 7) is 1.89. The summed E-state index contributed by atoms with van der Waals surface area (Å²) in [6, 6.07) is 0. The smallest absolute Gasteiger partial charge is 0.0860 e. The van der Waals surface area contributed by atoms with E-state index in [0.717, 1.165) is 4.91 Å². The predicted molar refractivity (Wildman–Crippen MR) is 40.3 cm³/mol. The SMILES string of the molecule is CN=CN/C=C(\C)S. The number of aliphatic imine (C=N–C) groups is 1. The summed E-state index contributed by atoms with van der Waals surface area (Å²) in [5, 5.41) is 2.80. The maximum Gasteiger partial charge on any atom is 0.0860 e. The van der Waals surface area contributed by atoms with Gasteiger partial charge in [-0.1, -0.05) is 0 Å². The van der Waals surface area contributed by atoms with Gasteiger partial charge in [-0.3, -0.25) is 4.99 Å². The lowest BCUT2D eigenvalue weighted by Crippen LogP contribution is -1.99. The first-order valence-electron chi connectivity index (χ1n) is 2.30. The second kappa shape index (κ2) is 4.71. The monoisotopic (exact) mass is 130 g/mol. The van der Waals surface area contributed by atoms with E-state index in [9.17, 15) is 0 Å². The lowest BCUT2D eigenvalue weighted by molar-refractivity contribution is 1.27. The van der Waals surface area contributed by atoms with Gasteiger partial charge in [0.1, 0.15) is 0 Å². The maximum absolute atomic E-state index is 4.01. The van der Waals surface area contributed by atoms with Crippen LogP contribution >= 0.6 is 12.6 Å². The average molecular weight is 130 g/mol. The van der Waals surface area contributed by atoms with E-state index in [0.29, 0.717) is 0 Å². The zero-order chi connectivity index (χ0) is 6.41. The largest absolute Gasteiger partial charge is 0.352 e. The molecular formula is C5H10N2S. The highest BCUT2D eigenvalue weighted by molar-refractivity contribution is 7.84. The highest BCUT2D eigenvalue weighted by Crippen LogP contribution is 1.91. The summed E-state index contributed by atoms with van der Waals surface area (Å²) >= 11 is 4.01. The van der Waals surface area contributed by atoms with Crippen molar-refractivity contribution in [2.75, 3.05) is 7.05 Å². The Bertz CT molecular complexity index is 103. The van der Waals surface area contributed by atoms with E-state index in [1.807, 2.05) is 6.92 Å². The number of rotatable bonds is 2. The topological polar surface area (TPSA) is 24.4 Å². The van der Waals surface area contributed by atoms with Crippen molar-refractivity contribution in [2.24, 2.45) is 4.99 Å². The van der Waals surface area contributed by atoms with Gasteiger partial charge in [-0.2, -0.15) is 0 Å². The van der Waals surface area contributed by atoms with E-state index in [2.05, 4.69) is 22.9 Å². The molecule has 0 fully saturated rings. The third-order valence-electron chi connectivity index (χ3n) is 0.496. The Hall–Kier alpha value is -0.440. The first-order valence-corrected chi connectivity index (χ1v) is 2.74. The Morgan fingerprint density at radius 1 is 1.75 bits per heavy atom. The Morgan fingerprint density at radius 3 is 2.75 bits per heavy atom. The van der Waals surface area contributed by atoms with Crippen molar-refractivity contribution < 1.29 is 0 Å². The molecule has 0 aliphatic heterocycles. The minimum Gasteiger partial charge on any atom is -0.352 e. The van der Waals surface area contributed by atoms with Gasteiger partial charge in [0, 0.05) is 13.2 Å². The van der Waals surface area contributed by atoms with Crippen LogP contribution in [0.25, 0.3) is 0 Å². The summed E-state index contributed by atoms with van der Waals surface area (Å²) in [5.41, 5.74) is 0. The van der Waals surface area contributed by atoms with Crippen molar-refractivity contribution in [3.63, 3.8) is 0 Å². The Kier molecular flexibility index (Phi) is 4.45. The molecule has 3 heteroatoms. The van der Waals surface area contributed by atoms with Crippen LogP contribution in [-0.2, 0) is 0 Å². The van der Waals surface area contributed by atoms with Gasteiger partial charge in [-0.15, -0.1) is 12.6 Å². The lowest BCUT2D eigenvalue weighted by atomic mass is 10.7. The molecule has 0 aromatic rings. The number of thiol groups is 1. The van der Waals surface area contributed by atoms with Crippen LogP contribution in [0.5, 0.6) is 0 Å². The van der Waals surface area contributed by atoms with E-state index < -0.39 is 0 Å². The zero-order valence-corrected chi connectivity index (χ0v) is 5.94. The van der Waals surface area contributed by atoms with Crippen LogP contribution in [0.2, 0.25) is 0 Å². The molecule has 0 aliphatic carbocycles. The normalized spacial score (nSPS) is 12.6. The van der Waals surface area contributed by atoms with E-state index in [-0.39, 0.29) is 0 Å². The van der Waals surface area contributed by atoms with Crippen LogP contribution in [0.4, 0.5) is 0 Å². The van der Waals surface area contributed by atoms with Gasteiger partial charge in [-0.25, -0.2) is 0 Å². The summed E-state index contributed by atoms with van der Waals surface area (Å²) in [5.74, 6) is 0. The Labute approximate surface area is 55.1 Å². The first kappa shape index (κ1) is 7.56. The molecule has 0 saturated heterocycles. The van der Waals surface area contributed by atoms with Gasteiger partial charge in [0.25, 0.3) is 0 Å². The van der Waals surface area contributed by atoms with Crippen molar-refractivity contribution >= 4 is 19.0 Å². The van der Waals surface area contributed by atoms with Gasteiger partial charge in [-0.05, 0) is 11.8 Å². The van der Waals surface area contributed by atoms with Gasteiger partial charge in [0.2, 0.25) is 0 Å². The molecular weight excluding hydrogens is 120 g/mol. The molecule has 46 valence electrons. The second-order valence-corrected chi connectivity index (χ2v) is 2.05. The molecule has 0 aromatic heterocycles. The van der Waals surface area contributed by atoms with E-state index >= 15 is 0 Å². The lowest BCUT2D eigenvalue weighted by Gasteiger charge is -1.86. The quantitative estimate of drug-likeness (QED) is 0.325. The van der Waals surface area contributed by atoms with Gasteiger partial charge in [0.05, 0.1) is 6.34 Å². The molecule has 0 rings (SSSR count). The minimum absolute atomic E-state index is 0.935. The van der Waals surface area contributed by atoms with Crippen LogP contribution in [0.1, 0.15) is 6.92 Å². The molecule has 0 aliphatic rings. The molecule has 0 bridgehead atoms. The summed E-state index contributed by atoms with van der Waals surface area (Å²) in [4.78, 5) is 4.63. The predicted octanol–water partition coefficient (Wildman–Crippen LogP) is 1.03. The Balaban J connectivity index is 3.30. The number of hydrogen-bond donors (Lipinski definition) is 2. The highest BCUT2D eigenvalue weighted by Gasteiger charge is 1.70. The van der Waals surface area contributed by atoms with Gasteiger partial charge >= 0.3 is 0 Å². The van der Waals surface area contributed by atoms with Crippen molar-refractivity contribution in [1.82, 2.24) is 5.32 Å². The third-order valence-corrected chi connectivity index (χ3v) is 0.625. The van der Waals surface area contributed by atoms with Crippen molar-refractivity contribution in [3.8, 4) is 0 Å². The van der Waals surface area contributed by atoms with Crippen LogP contribution in [0.15, 0.2) is 16.1 Å². The number of nitrogens with one attached hydrogen (secondary N) is 1. The standard InChI is InChI=1S/C5H10N2S/c1-5(8)3-7-4-6-2/h3-4,8H,1-2H3,(H,6,7)/b5-3+. The maximum atomic E-state index is 4.01. The van der Waals surface area contributed by atoms with Crippen molar-refractivity contribution in [1.29, 1.82) is 0 Å². The van der Waals surface area contributed by atoms with E-state index in [4.69, 9.17) is 0 Å². The second-order valence-electron chi connectivity index (χ2n) is 1.34. The highest BCUT2D eigenvalue weighted by atomic mass is 32.1. The fourth-order valence-electron chi connectivity index (χ4n) is 0.232. The molecule has 2 nitrogen and oxygen atoms in total. The molecule has 0 aromatic carbocycles. The van der Waals surface area contributed by atoms with Crippen LogP contribution in [0, 0.1) is 0 Å². The van der Waals surface area contributed by atoms with Gasteiger partial charge < -0.3 is 5.32 Å². The molecule has 0 unspecified atom stereocenters. The fraction of sp³-hybridized carbons (Fsp3) is 0.400. The Morgan fingerprint density at radius 2 is 2.38 bits per heavy atom. The molecule has 0 amide bonds. The number of allylic oxidation sites excluding steroid dienone is 1. The molecule has 0 spiro atoms. The first-order chi connectivity index (χ1) is 3.77. The number of nitrogens with zero attached hydrogens (tertiary/aromatic N) is 1. The summed E-state index contributed by atoms with van der Waals surface area (Å²) < 4.78 is 0. The van der Waals surface area contributed by atoms with Crippen LogP contribution in [-0.4, -0.2) is 13.4 Å². The summed E-state index contributed by atoms with van der Waals surface area (Å²) in [7, 11) is 1.70. The number of hydrogen-bond acceptors (Lipinski definition) is 2. The van der Waals surface area contributed by atoms with Crippen LogP contribution < -0.4 is 5.32 Å². The molecule has 0 saturated carbocycles. The zero-order valence-electron chi connectivity index (χ0n) is 5.05. The third kappa shape index (κ3) is 5.56. The molecule has 0 heterocycles. The molecule has 0 atom stereocenters. The van der Waals surface area contributed by atoms with E-state index in [1.165, 1.54) is 0 Å². The molecule has 1 N–H and O–H groups in total. The molecule has 0 radical (unpaired) electrons. The minimum atomic E-state index is 0.935. The average Bonchev–Trinajstić information content (AvgIpc) is 1.66. The molecule has 8 heavy (non-hydrogen) atoms. The van der Waals surface area contributed by atoms with Crippen molar-refractivity contribution in [3.05, 3.63) is 11.1 Å². The van der Waals surface area contributed by atoms with Crippen LogP contribution in [0.3, 0.4) is 0 Å².